The Balaban J connectivity index is 2.95. The minimum absolute atomic E-state index is 0.261. The van der Waals surface area contributed by atoms with Crippen molar-refractivity contribution < 1.29 is 14.3 Å². The number of nitrogens with zero attached hydrogens (tertiary/aromatic N) is 1. The molecule has 0 aromatic carbocycles. The molecule has 0 spiro atoms. The van der Waals surface area contributed by atoms with Gasteiger partial charge in [0, 0.05) is 11.3 Å². The standard InChI is InChI=1S/C14H19ClN2O3/c1-5-6-10-7-9(8-11(15)16-10)12(18)17-14(2,3)13(19)20-4/h7-8H,5-6H2,1-4H3,(H,17,18). The smallest absolute Gasteiger partial charge is 0.330 e. The maximum atomic E-state index is 12.2. The number of amides is 1. The molecule has 1 N–H and O–H groups in total. The fourth-order valence-corrected chi connectivity index (χ4v) is 1.95. The van der Waals surface area contributed by atoms with Gasteiger partial charge in [0.15, 0.2) is 0 Å². The van der Waals surface area contributed by atoms with E-state index in [0.717, 1.165) is 18.5 Å². The van der Waals surface area contributed by atoms with E-state index in [-0.39, 0.29) is 11.1 Å². The molecule has 110 valence electrons. The normalized spacial score (nSPS) is 11.1. The van der Waals surface area contributed by atoms with Crippen LogP contribution in [-0.4, -0.2) is 29.5 Å². The first-order valence-corrected chi connectivity index (χ1v) is 6.75. The fraction of sp³-hybridized carbons (Fsp3) is 0.500. The van der Waals surface area contributed by atoms with Crippen molar-refractivity contribution in [3.63, 3.8) is 0 Å². The molecule has 5 nitrogen and oxygen atoms in total. The molecule has 0 aliphatic carbocycles. The summed E-state index contributed by atoms with van der Waals surface area (Å²) in [6, 6.07) is 3.15. The van der Waals surface area contributed by atoms with Crippen molar-refractivity contribution in [1.29, 1.82) is 0 Å². The van der Waals surface area contributed by atoms with Crippen LogP contribution in [0.2, 0.25) is 5.15 Å². The Kier molecular flexibility index (Phi) is 5.51. The van der Waals surface area contributed by atoms with E-state index >= 15 is 0 Å². The maximum Gasteiger partial charge on any atom is 0.330 e. The first kappa shape index (κ1) is 16.4. The summed E-state index contributed by atoms with van der Waals surface area (Å²) in [7, 11) is 1.28. The highest BCUT2D eigenvalue weighted by atomic mass is 35.5. The number of esters is 1. The van der Waals surface area contributed by atoms with E-state index in [9.17, 15) is 9.59 Å². The second-order valence-electron chi connectivity index (χ2n) is 4.99. The lowest BCUT2D eigenvalue weighted by Gasteiger charge is -2.23. The Morgan fingerprint density at radius 3 is 2.60 bits per heavy atom. The molecule has 0 aliphatic heterocycles. The molecule has 1 rings (SSSR count). The van der Waals surface area contributed by atoms with Crippen LogP contribution in [0.25, 0.3) is 0 Å². The topological polar surface area (TPSA) is 68.3 Å². The van der Waals surface area contributed by atoms with Gasteiger partial charge in [-0.25, -0.2) is 9.78 Å². The number of pyridine rings is 1. The first-order chi connectivity index (χ1) is 9.30. The van der Waals surface area contributed by atoms with Gasteiger partial charge in [0.05, 0.1) is 7.11 Å². The predicted octanol–water partition coefficient (Wildman–Crippen LogP) is 2.37. The lowest BCUT2D eigenvalue weighted by atomic mass is 10.0. The lowest BCUT2D eigenvalue weighted by Crippen LogP contribution is -2.50. The summed E-state index contributed by atoms with van der Waals surface area (Å²) in [5, 5.41) is 2.88. The Morgan fingerprint density at radius 1 is 1.40 bits per heavy atom. The molecule has 1 amide bonds. The number of aryl methyl sites for hydroxylation is 1. The van der Waals surface area contributed by atoms with Gasteiger partial charge in [-0.15, -0.1) is 0 Å². The van der Waals surface area contributed by atoms with Crippen LogP contribution >= 0.6 is 11.6 Å². The van der Waals surface area contributed by atoms with Crippen LogP contribution < -0.4 is 5.32 Å². The summed E-state index contributed by atoms with van der Waals surface area (Å²) in [5.41, 5.74) is 0.0263. The van der Waals surface area contributed by atoms with Crippen molar-refractivity contribution in [2.24, 2.45) is 0 Å². The van der Waals surface area contributed by atoms with Crippen LogP contribution in [0.3, 0.4) is 0 Å². The largest absolute Gasteiger partial charge is 0.467 e. The van der Waals surface area contributed by atoms with Gasteiger partial charge < -0.3 is 10.1 Å². The SMILES string of the molecule is CCCc1cc(C(=O)NC(C)(C)C(=O)OC)cc(Cl)n1. The van der Waals surface area contributed by atoms with E-state index < -0.39 is 11.5 Å². The first-order valence-electron chi connectivity index (χ1n) is 6.37. The van der Waals surface area contributed by atoms with Crippen LogP contribution in [0.5, 0.6) is 0 Å². The molecule has 0 saturated carbocycles. The quantitative estimate of drug-likeness (QED) is 0.669. The molecule has 0 bridgehead atoms. The van der Waals surface area contributed by atoms with Gasteiger partial charge in [0.2, 0.25) is 0 Å². The van der Waals surface area contributed by atoms with Gasteiger partial charge >= 0.3 is 5.97 Å². The molecule has 1 heterocycles. The average Bonchev–Trinajstić information content (AvgIpc) is 2.36. The fourth-order valence-electron chi connectivity index (χ4n) is 1.73. The van der Waals surface area contributed by atoms with Gasteiger partial charge in [-0.3, -0.25) is 4.79 Å². The van der Waals surface area contributed by atoms with E-state index in [4.69, 9.17) is 11.6 Å². The Hall–Kier alpha value is -1.62. The predicted molar refractivity (Wildman–Crippen MR) is 76.8 cm³/mol. The number of halogens is 1. The number of rotatable bonds is 5. The van der Waals surface area contributed by atoms with Crippen LogP contribution in [0.4, 0.5) is 0 Å². The third-order valence-electron chi connectivity index (χ3n) is 2.74. The highest BCUT2D eigenvalue weighted by Crippen LogP contribution is 2.14. The second-order valence-corrected chi connectivity index (χ2v) is 5.38. The van der Waals surface area contributed by atoms with E-state index in [1.54, 1.807) is 19.9 Å². The number of nitrogens with one attached hydrogen (secondary N) is 1. The number of ether oxygens (including phenoxy) is 1. The van der Waals surface area contributed by atoms with Crippen molar-refractivity contribution in [2.75, 3.05) is 7.11 Å². The van der Waals surface area contributed by atoms with Crippen LogP contribution in [0.15, 0.2) is 12.1 Å². The van der Waals surface area contributed by atoms with E-state index in [0.29, 0.717) is 5.56 Å². The highest BCUT2D eigenvalue weighted by Gasteiger charge is 2.30. The summed E-state index contributed by atoms with van der Waals surface area (Å²) in [4.78, 5) is 27.9. The Morgan fingerprint density at radius 2 is 2.05 bits per heavy atom. The van der Waals surface area contributed by atoms with Crippen molar-refractivity contribution in [1.82, 2.24) is 10.3 Å². The number of carbonyl (C=O) groups excluding carboxylic acids is 2. The molecule has 0 fully saturated rings. The van der Waals surface area contributed by atoms with Crippen molar-refractivity contribution in [3.8, 4) is 0 Å². The van der Waals surface area contributed by atoms with Gasteiger partial charge in [-0.05, 0) is 32.4 Å². The molecular formula is C14H19ClN2O3. The molecular weight excluding hydrogens is 280 g/mol. The number of methoxy groups -OCH3 is 1. The van der Waals surface area contributed by atoms with Crippen molar-refractivity contribution in [3.05, 3.63) is 28.5 Å². The third kappa shape index (κ3) is 4.20. The van der Waals surface area contributed by atoms with E-state index in [1.165, 1.54) is 13.2 Å². The Labute approximate surface area is 123 Å². The second kappa shape index (κ2) is 6.70. The molecule has 0 saturated heterocycles. The zero-order valence-corrected chi connectivity index (χ0v) is 12.9. The van der Waals surface area contributed by atoms with Gasteiger partial charge in [-0.2, -0.15) is 0 Å². The van der Waals surface area contributed by atoms with Gasteiger partial charge in [0.1, 0.15) is 10.7 Å². The zero-order valence-electron chi connectivity index (χ0n) is 12.1. The maximum absolute atomic E-state index is 12.2. The highest BCUT2D eigenvalue weighted by molar-refractivity contribution is 6.29. The van der Waals surface area contributed by atoms with Crippen molar-refractivity contribution >= 4 is 23.5 Å². The molecule has 20 heavy (non-hydrogen) atoms. The molecule has 1 aromatic heterocycles. The lowest BCUT2D eigenvalue weighted by molar-refractivity contribution is -0.146. The van der Waals surface area contributed by atoms with E-state index in [1.807, 2.05) is 6.92 Å². The minimum atomic E-state index is -1.10. The van der Waals surface area contributed by atoms with E-state index in [2.05, 4.69) is 15.0 Å². The molecule has 0 unspecified atom stereocenters. The molecule has 6 heteroatoms. The Bertz CT molecular complexity index is 515. The summed E-state index contributed by atoms with van der Waals surface area (Å²) in [6.07, 6.45) is 1.64. The minimum Gasteiger partial charge on any atom is -0.467 e. The monoisotopic (exact) mass is 298 g/mol. The van der Waals surface area contributed by atoms with Crippen LogP contribution in [-0.2, 0) is 16.0 Å². The molecule has 0 radical (unpaired) electrons. The molecule has 0 atom stereocenters. The zero-order chi connectivity index (χ0) is 15.3. The molecule has 0 aliphatic rings. The average molecular weight is 299 g/mol. The summed E-state index contributed by atoms with van der Waals surface area (Å²) >= 11 is 5.91. The van der Waals surface area contributed by atoms with Gasteiger partial charge in [0.25, 0.3) is 5.91 Å². The van der Waals surface area contributed by atoms with Crippen LogP contribution in [0.1, 0.15) is 43.2 Å². The van der Waals surface area contributed by atoms with Crippen molar-refractivity contribution in [2.45, 2.75) is 39.2 Å². The summed E-state index contributed by atoms with van der Waals surface area (Å²) in [6.45, 7) is 5.17. The number of hydrogen-bond acceptors (Lipinski definition) is 4. The molecule has 1 aromatic rings. The number of hydrogen-bond donors (Lipinski definition) is 1. The number of carbonyl (C=O) groups is 2. The van der Waals surface area contributed by atoms with Crippen LogP contribution in [0, 0.1) is 0 Å². The third-order valence-corrected chi connectivity index (χ3v) is 2.93. The van der Waals surface area contributed by atoms with Gasteiger partial charge in [-0.1, -0.05) is 24.9 Å². The number of aromatic nitrogens is 1. The summed E-state index contributed by atoms with van der Waals surface area (Å²) in [5.74, 6) is -0.901. The summed E-state index contributed by atoms with van der Waals surface area (Å²) < 4.78 is 4.65.